The Hall–Kier alpha value is -11.2. The molecule has 0 spiro atoms. The molecule has 8 aliphatic rings. The van der Waals surface area contributed by atoms with Crippen molar-refractivity contribution in [3.05, 3.63) is 150 Å². The molecule has 3 saturated heterocycles. The SMILES string of the molecule is CCCCC(=O)OCC(=O)[C@]1(O)Cc2c(O)c3c(c(O)c2[C@@H](OC2CC(NC(=O)C(F)(F)F)C(O)C(C)O2)C1)C(=O)c1c(OC)cccc1C3=O.COc1cccc2c1C(=O)c1c(O)c3c(c(O)c1C2=O)C[C@@](O)(C(=O)CO)C[C@@H]3OC1CC(N)C(OC2CCCCO2)C(C)O1.O=C1c2c(O)ccc(O)c2C(=O)c2c(NCCNCCO)ccc(NCCCCCO)c21. The van der Waals surface area contributed by atoms with Gasteiger partial charge >= 0.3 is 18.1 Å². The highest BCUT2D eigenvalue weighted by molar-refractivity contribution is 6.34. The second-order valence-corrected chi connectivity index (χ2v) is 32.3. The van der Waals surface area contributed by atoms with Gasteiger partial charge in [-0.3, -0.25) is 47.9 Å². The van der Waals surface area contributed by atoms with Crippen molar-refractivity contribution in [3.63, 3.8) is 0 Å². The van der Waals surface area contributed by atoms with Gasteiger partial charge < -0.3 is 131 Å². The van der Waals surface area contributed by atoms with Crippen molar-refractivity contribution < 1.29 is 165 Å². The van der Waals surface area contributed by atoms with Gasteiger partial charge in [0, 0.05) is 135 Å². The predicted octanol–water partition coefficient (Wildman–Crippen LogP) is 5.46. The molecule has 0 bridgehead atoms. The molecule has 128 heavy (non-hydrogen) atoms. The molecular weight excluding hydrogens is 1690 g/mol. The van der Waals surface area contributed by atoms with Crippen LogP contribution in [-0.2, 0) is 65.2 Å². The number of halogens is 3. The van der Waals surface area contributed by atoms with Crippen LogP contribution >= 0.6 is 0 Å². The zero-order chi connectivity index (χ0) is 92.9. The Morgan fingerprint density at radius 3 is 1.55 bits per heavy atom. The number of amides is 1. The van der Waals surface area contributed by atoms with Gasteiger partial charge in [-0.1, -0.05) is 37.6 Å². The normalized spacial score (nSPS) is 24.3. The van der Waals surface area contributed by atoms with Crippen LogP contribution in [0.3, 0.4) is 0 Å². The highest BCUT2D eigenvalue weighted by Gasteiger charge is 2.55. The van der Waals surface area contributed by atoms with Crippen LogP contribution in [-0.4, -0.2) is 266 Å². The summed E-state index contributed by atoms with van der Waals surface area (Å²) in [4.78, 5) is 132. The molecule has 18 N–H and O–H groups in total. The fraction of sp³-hybridized carbons (Fsp3) is 0.483. The number of carbonyl (C=O) groups excluding carboxylic acids is 10. The van der Waals surface area contributed by atoms with E-state index in [1.54, 1.807) is 24.4 Å². The number of anilines is 2. The number of Topliss-reactive ketones (excluding diaryl/α,β-unsaturated/α-hetero) is 2. The number of benzene rings is 6. The van der Waals surface area contributed by atoms with Gasteiger partial charge in [-0.25, -0.2) is 0 Å². The summed E-state index contributed by atoms with van der Waals surface area (Å²) in [5, 5.41) is 139. The van der Waals surface area contributed by atoms with Crippen molar-refractivity contribution in [1.29, 1.82) is 0 Å². The second-order valence-electron chi connectivity index (χ2n) is 32.3. The van der Waals surface area contributed by atoms with Crippen molar-refractivity contribution in [2.24, 2.45) is 5.73 Å². The number of phenolic OH excluding ortho intramolecular Hbond substituents is 6. The first-order valence-electron chi connectivity index (χ1n) is 41.9. The molecule has 6 aromatic carbocycles. The molecule has 0 aromatic heterocycles. The van der Waals surface area contributed by atoms with Crippen molar-refractivity contribution in [1.82, 2.24) is 10.6 Å². The van der Waals surface area contributed by atoms with Crippen molar-refractivity contribution in [2.75, 3.05) is 84.1 Å². The molecule has 690 valence electrons. The molecule has 9 unspecified atom stereocenters. The lowest BCUT2D eigenvalue weighted by Crippen LogP contribution is -2.57. The Morgan fingerprint density at radius 2 is 1.06 bits per heavy atom. The number of methoxy groups -OCH3 is 2. The van der Waals surface area contributed by atoms with Gasteiger partial charge in [-0.15, -0.1) is 0 Å². The number of nitrogens with two attached hydrogens (primary N) is 1. The van der Waals surface area contributed by atoms with E-state index in [0.29, 0.717) is 63.4 Å². The molecule has 3 fully saturated rings. The first-order valence-corrected chi connectivity index (χ1v) is 41.9. The lowest BCUT2D eigenvalue weighted by Gasteiger charge is -2.43. The van der Waals surface area contributed by atoms with Gasteiger partial charge in [0.05, 0.1) is 107 Å². The maximum Gasteiger partial charge on any atom is 0.471 e. The van der Waals surface area contributed by atoms with E-state index in [4.69, 9.17) is 58.6 Å². The van der Waals surface area contributed by atoms with Crippen molar-refractivity contribution in [3.8, 4) is 46.0 Å². The quantitative estimate of drug-likeness (QED) is 0.0157. The zero-order valence-corrected chi connectivity index (χ0v) is 70.4. The van der Waals surface area contributed by atoms with Crippen LogP contribution < -0.4 is 36.5 Å². The molecule has 36 nitrogen and oxygen atoms in total. The number of hydrogen-bond donors (Lipinski definition) is 17. The summed E-state index contributed by atoms with van der Waals surface area (Å²) < 4.78 is 90.6. The number of aliphatic hydroxyl groups is 6. The molecule has 3 aliphatic heterocycles. The van der Waals surface area contributed by atoms with Gasteiger partial charge in [-0.2, -0.15) is 13.2 Å². The van der Waals surface area contributed by atoms with Crippen molar-refractivity contribution in [2.45, 2.75) is 202 Å². The van der Waals surface area contributed by atoms with Gasteiger partial charge in [0.25, 0.3) is 0 Å². The van der Waals surface area contributed by atoms with E-state index in [0.717, 1.165) is 32.1 Å². The van der Waals surface area contributed by atoms with Crippen LogP contribution in [0.2, 0.25) is 0 Å². The minimum absolute atomic E-state index is 0.00489. The molecule has 5 aliphatic carbocycles. The molecule has 0 radical (unpaired) electrons. The summed E-state index contributed by atoms with van der Waals surface area (Å²) >= 11 is 0. The summed E-state index contributed by atoms with van der Waals surface area (Å²) in [5.74, 6) is -13.1. The summed E-state index contributed by atoms with van der Waals surface area (Å²) in [6.45, 7) is 5.66. The van der Waals surface area contributed by atoms with Crippen LogP contribution in [0.25, 0.3) is 0 Å². The number of ether oxygens (including phenoxy) is 9. The highest BCUT2D eigenvalue weighted by Crippen LogP contribution is 2.56. The van der Waals surface area contributed by atoms with Crippen LogP contribution in [0.4, 0.5) is 24.5 Å². The maximum atomic E-state index is 13.9. The number of phenols is 6. The monoisotopic (exact) mass is 1790 g/mol. The van der Waals surface area contributed by atoms with Crippen LogP contribution in [0.1, 0.15) is 234 Å². The number of rotatable bonds is 29. The molecule has 6 aromatic rings. The Bertz CT molecular complexity index is 5220. The van der Waals surface area contributed by atoms with E-state index in [-0.39, 0.29) is 116 Å². The number of esters is 1. The van der Waals surface area contributed by atoms with E-state index in [2.05, 4.69) is 16.0 Å². The maximum absolute atomic E-state index is 13.9. The number of unbranched alkanes of at least 4 members (excludes halogenated alkanes) is 3. The molecule has 3 heterocycles. The van der Waals surface area contributed by atoms with Gasteiger partial charge in [-0.05, 0) is 95.2 Å². The summed E-state index contributed by atoms with van der Waals surface area (Å²) in [6.07, 6.45) is -12.1. The second kappa shape index (κ2) is 40.2. The first-order chi connectivity index (χ1) is 60.9. The topological polar surface area (TPSA) is 571 Å². The van der Waals surface area contributed by atoms with Crippen LogP contribution in [0.15, 0.2) is 60.7 Å². The van der Waals surface area contributed by atoms with Gasteiger partial charge in [0.1, 0.15) is 76.0 Å². The lowest BCUT2D eigenvalue weighted by atomic mass is 9.72. The number of fused-ring (bicyclic) bond motifs is 8. The van der Waals surface area contributed by atoms with E-state index in [1.807, 2.05) is 6.92 Å². The minimum Gasteiger partial charge on any atom is -0.507 e. The van der Waals surface area contributed by atoms with Crippen molar-refractivity contribution >= 4 is 69.5 Å². The Kier molecular flexibility index (Phi) is 30.2. The summed E-state index contributed by atoms with van der Waals surface area (Å²) in [5.41, 5.74) is -1.06. The average Bonchev–Trinajstić information content (AvgIpc) is 0.714. The molecule has 39 heteroatoms. The summed E-state index contributed by atoms with van der Waals surface area (Å²) in [7, 11) is 2.59. The molecule has 14 rings (SSSR count). The zero-order valence-electron chi connectivity index (χ0n) is 70.4. The number of hydrogen-bond acceptors (Lipinski definition) is 35. The van der Waals surface area contributed by atoms with E-state index in [9.17, 15) is 112 Å². The van der Waals surface area contributed by atoms with E-state index in [1.165, 1.54) is 69.7 Å². The Morgan fingerprint density at radius 1 is 0.555 bits per heavy atom. The number of nitrogens with one attached hydrogen (secondary N) is 4. The standard InChI is InChI=1S/C34H36F3NO13.C32H37NO12.C23H29N3O6/c1-4-5-9-21(40)49-13-20(39)33(47)11-16-24(19(12-33)51-22-10-17(27(41)14(2)50-22)38-32(46)34(35,36)37)31(45)26-25(29(16)43)28(42)15-7-6-8-18(48-3)23(15)30(26)44;1-14-31(45-21-8-3-4-9-42-21)17(33)10-22(43-14)44-19-12-32(40,20(35)13-34)11-16-24(19)30(39)26-25(28(16)37)27(36)15-6-5-7-18(41-2)23(15)29(26)38;27-12-3-1-2-8-25-14-4-5-15(26-10-9-24-11-13-28)19-18(14)22(31)20-16(29)6-7-17(30)21(20)23(19)32/h6-8,14,17,19,22,27,41,43,45,47H,4-5,9-13H2,1-3H3,(H,38,46);5-7,14,17,19,21-22,31,34,37,39-40H,3-4,8-13,33H2,1-2H3;4-7,24-30H,1-3,8-13H2/t14?,17?,19-,22?,27?,33-;14?,17?,19-,21?,22?,31?,32-;/m00./s1. The number of ketones is 8. The Labute approximate surface area is 729 Å². The minimum atomic E-state index is -5.29. The van der Waals surface area contributed by atoms with Crippen LogP contribution in [0, 0.1) is 0 Å². The molecule has 13 atom stereocenters. The number of aromatic hydroxyl groups is 6. The first kappa shape index (κ1) is 95.9. The third-order valence-electron chi connectivity index (χ3n) is 23.8. The smallest absolute Gasteiger partial charge is 0.471 e. The number of aliphatic hydroxyl groups excluding tert-OH is 4. The third-order valence-corrected chi connectivity index (χ3v) is 23.8. The molecule has 0 saturated carbocycles. The van der Waals surface area contributed by atoms with Gasteiger partial charge in [0.15, 0.2) is 42.8 Å². The lowest BCUT2D eigenvalue weighted by molar-refractivity contribution is -0.281. The number of alkyl halides is 3. The molecular formula is C89H102F3N5O31. The number of carbonyl (C=O) groups is 10. The summed E-state index contributed by atoms with van der Waals surface area (Å²) in [6, 6.07) is 12.2. The van der Waals surface area contributed by atoms with E-state index < -0.39 is 234 Å². The fourth-order valence-electron chi connectivity index (χ4n) is 17.4. The third kappa shape index (κ3) is 19.3. The van der Waals surface area contributed by atoms with E-state index >= 15 is 0 Å². The largest absolute Gasteiger partial charge is 0.507 e. The fourth-order valence-corrected chi connectivity index (χ4v) is 17.4. The average molecular weight is 1790 g/mol. The van der Waals surface area contributed by atoms with Gasteiger partial charge in [0.2, 0.25) is 28.9 Å². The predicted molar refractivity (Wildman–Crippen MR) is 440 cm³/mol. The Balaban J connectivity index is 0.000000179. The molecule has 1 amide bonds. The van der Waals surface area contributed by atoms with Crippen LogP contribution in [0.5, 0.6) is 46.0 Å². The highest BCUT2D eigenvalue weighted by atomic mass is 19.4.